The minimum Gasteiger partial charge on any atom is -0.392 e. The lowest BCUT2D eigenvalue weighted by atomic mass is 10.0. The van der Waals surface area contributed by atoms with Gasteiger partial charge in [0.2, 0.25) is 0 Å². The third-order valence-corrected chi connectivity index (χ3v) is 4.13. The fraction of sp³-hybridized carbons (Fsp3) is 0.231. The van der Waals surface area contributed by atoms with E-state index in [1.165, 1.54) is 6.07 Å². The summed E-state index contributed by atoms with van der Waals surface area (Å²) < 4.78 is 14.4. The van der Waals surface area contributed by atoms with Crippen molar-refractivity contribution in [2.75, 3.05) is 0 Å². The molecule has 0 saturated carbocycles. The first-order chi connectivity index (χ1) is 8.15. The van der Waals surface area contributed by atoms with Gasteiger partial charge in [-0.2, -0.15) is 0 Å². The zero-order valence-corrected chi connectivity index (χ0v) is 11.5. The van der Waals surface area contributed by atoms with E-state index in [9.17, 15) is 9.50 Å². The van der Waals surface area contributed by atoms with Gasteiger partial charge in [0.1, 0.15) is 5.82 Å². The summed E-state index contributed by atoms with van der Waals surface area (Å²) in [5, 5.41) is 9.91. The fourth-order valence-corrected chi connectivity index (χ4v) is 3.24. The Morgan fingerprint density at radius 3 is 2.59 bits per heavy atom. The number of benzene rings is 1. The van der Waals surface area contributed by atoms with Crippen molar-refractivity contribution in [3.8, 4) is 0 Å². The van der Waals surface area contributed by atoms with E-state index in [2.05, 4.69) is 15.9 Å². The van der Waals surface area contributed by atoms with Gasteiger partial charge in [-0.3, -0.25) is 0 Å². The molecule has 1 N–H and O–H groups in total. The summed E-state index contributed by atoms with van der Waals surface area (Å²) in [6.07, 6.45) is 0.365. The quantitative estimate of drug-likeness (QED) is 0.910. The Hall–Kier alpha value is -0.710. The van der Waals surface area contributed by atoms with Crippen LogP contribution in [-0.4, -0.2) is 11.2 Å². The van der Waals surface area contributed by atoms with Gasteiger partial charge in [0.05, 0.1) is 9.89 Å². The summed E-state index contributed by atoms with van der Waals surface area (Å²) in [6.45, 7) is 0. The molecule has 0 aliphatic carbocycles. The lowest BCUT2D eigenvalue weighted by Crippen LogP contribution is -2.14. The van der Waals surface area contributed by atoms with Crippen LogP contribution in [-0.2, 0) is 12.8 Å². The summed E-state index contributed by atoms with van der Waals surface area (Å²) in [5.41, 5.74) is 0.565. The molecule has 0 bridgehead atoms. The molecule has 2 rings (SSSR count). The van der Waals surface area contributed by atoms with Crippen molar-refractivity contribution >= 4 is 27.3 Å². The Morgan fingerprint density at radius 2 is 1.94 bits per heavy atom. The molecule has 2 aromatic rings. The molecule has 17 heavy (non-hydrogen) atoms. The molecule has 1 heterocycles. The Kier molecular flexibility index (Phi) is 4.31. The van der Waals surface area contributed by atoms with Gasteiger partial charge < -0.3 is 5.11 Å². The SMILES string of the molecule is OC(Cc1ccc(Br)s1)Cc1ccccc1F. The second kappa shape index (κ2) is 5.76. The van der Waals surface area contributed by atoms with E-state index in [0.29, 0.717) is 18.4 Å². The smallest absolute Gasteiger partial charge is 0.126 e. The van der Waals surface area contributed by atoms with Gasteiger partial charge in [0.15, 0.2) is 0 Å². The second-order valence-electron chi connectivity index (χ2n) is 3.86. The number of halogens is 2. The van der Waals surface area contributed by atoms with Crippen LogP contribution in [0.5, 0.6) is 0 Å². The van der Waals surface area contributed by atoms with Gasteiger partial charge in [-0.05, 0) is 39.7 Å². The van der Waals surface area contributed by atoms with Crippen LogP contribution >= 0.6 is 27.3 Å². The van der Waals surface area contributed by atoms with E-state index < -0.39 is 6.10 Å². The minimum atomic E-state index is -0.544. The van der Waals surface area contributed by atoms with Crippen LogP contribution in [0.15, 0.2) is 40.2 Å². The van der Waals surface area contributed by atoms with Crippen LogP contribution in [0.3, 0.4) is 0 Å². The van der Waals surface area contributed by atoms with Crippen LogP contribution in [0.2, 0.25) is 0 Å². The molecule has 1 atom stereocenters. The van der Waals surface area contributed by atoms with Crippen molar-refractivity contribution in [2.45, 2.75) is 18.9 Å². The molecule has 1 nitrogen and oxygen atoms in total. The van der Waals surface area contributed by atoms with E-state index in [1.807, 2.05) is 12.1 Å². The summed E-state index contributed by atoms with van der Waals surface area (Å²) >= 11 is 4.97. The fourth-order valence-electron chi connectivity index (χ4n) is 1.68. The molecule has 4 heteroatoms. The largest absolute Gasteiger partial charge is 0.392 e. The molecule has 0 spiro atoms. The lowest BCUT2D eigenvalue weighted by Gasteiger charge is -2.09. The molecular weight excluding hydrogens is 303 g/mol. The molecule has 0 saturated heterocycles. The van der Waals surface area contributed by atoms with Crippen molar-refractivity contribution in [1.29, 1.82) is 0 Å². The van der Waals surface area contributed by atoms with Crippen molar-refractivity contribution in [1.82, 2.24) is 0 Å². The first-order valence-corrected chi connectivity index (χ1v) is 6.92. The van der Waals surface area contributed by atoms with Crippen LogP contribution in [0.1, 0.15) is 10.4 Å². The monoisotopic (exact) mass is 314 g/mol. The highest BCUT2D eigenvalue weighted by Crippen LogP contribution is 2.23. The van der Waals surface area contributed by atoms with Crippen molar-refractivity contribution in [2.24, 2.45) is 0 Å². The third-order valence-electron chi connectivity index (χ3n) is 2.48. The van der Waals surface area contributed by atoms with Gasteiger partial charge in [-0.1, -0.05) is 18.2 Å². The Bertz CT molecular complexity index is 498. The summed E-state index contributed by atoms with van der Waals surface area (Å²) in [4.78, 5) is 1.10. The first-order valence-electron chi connectivity index (χ1n) is 5.31. The predicted octanol–water partition coefficient (Wildman–Crippen LogP) is 3.80. The highest BCUT2D eigenvalue weighted by atomic mass is 79.9. The van der Waals surface area contributed by atoms with Crippen LogP contribution in [0, 0.1) is 5.82 Å². The maximum absolute atomic E-state index is 13.4. The van der Waals surface area contributed by atoms with Crippen LogP contribution in [0.4, 0.5) is 4.39 Å². The number of aliphatic hydroxyl groups is 1. The van der Waals surface area contributed by atoms with Gasteiger partial charge in [0, 0.05) is 17.7 Å². The zero-order valence-electron chi connectivity index (χ0n) is 9.07. The van der Waals surface area contributed by atoms with E-state index in [0.717, 1.165) is 8.66 Å². The molecule has 1 aromatic heterocycles. The van der Waals surface area contributed by atoms with Gasteiger partial charge in [-0.25, -0.2) is 4.39 Å². The second-order valence-corrected chi connectivity index (χ2v) is 6.41. The van der Waals surface area contributed by atoms with Gasteiger partial charge in [0.25, 0.3) is 0 Å². The summed E-state index contributed by atoms with van der Waals surface area (Å²) in [5.74, 6) is -0.251. The predicted molar refractivity (Wildman–Crippen MR) is 71.8 cm³/mol. The average molecular weight is 315 g/mol. The highest BCUT2D eigenvalue weighted by molar-refractivity contribution is 9.11. The van der Waals surface area contributed by atoms with E-state index >= 15 is 0 Å². The van der Waals surface area contributed by atoms with Crippen molar-refractivity contribution < 1.29 is 9.50 Å². The highest BCUT2D eigenvalue weighted by Gasteiger charge is 2.11. The Morgan fingerprint density at radius 1 is 1.18 bits per heavy atom. The molecule has 0 aliphatic rings. The minimum absolute atomic E-state index is 0.251. The molecule has 1 unspecified atom stereocenters. The van der Waals surface area contributed by atoms with Gasteiger partial charge >= 0.3 is 0 Å². The van der Waals surface area contributed by atoms with Crippen LogP contribution in [0.25, 0.3) is 0 Å². The summed E-state index contributed by atoms with van der Waals surface area (Å²) in [6, 6.07) is 10.5. The maximum atomic E-state index is 13.4. The topological polar surface area (TPSA) is 20.2 Å². The molecule has 0 aliphatic heterocycles. The number of aliphatic hydroxyl groups excluding tert-OH is 1. The standard InChI is InChI=1S/C13H12BrFOS/c14-13-6-5-11(17-13)8-10(16)7-9-3-1-2-4-12(9)15/h1-6,10,16H,7-8H2. The van der Waals surface area contributed by atoms with E-state index in [4.69, 9.17) is 0 Å². The molecule has 1 aromatic carbocycles. The Balaban J connectivity index is 1.98. The van der Waals surface area contributed by atoms with E-state index in [-0.39, 0.29) is 5.82 Å². The van der Waals surface area contributed by atoms with Crippen LogP contribution < -0.4 is 0 Å². The first kappa shape index (κ1) is 12.7. The molecule has 90 valence electrons. The lowest BCUT2D eigenvalue weighted by molar-refractivity contribution is 0.175. The maximum Gasteiger partial charge on any atom is 0.126 e. The molecule has 0 fully saturated rings. The average Bonchev–Trinajstić information content (AvgIpc) is 2.67. The summed E-state index contributed by atoms with van der Waals surface area (Å²) in [7, 11) is 0. The van der Waals surface area contributed by atoms with Crippen molar-refractivity contribution in [3.05, 3.63) is 56.4 Å². The van der Waals surface area contributed by atoms with E-state index in [1.54, 1.807) is 29.5 Å². The molecular formula is C13H12BrFOS. The third kappa shape index (κ3) is 3.63. The zero-order chi connectivity index (χ0) is 12.3. The normalized spacial score (nSPS) is 12.6. The Labute approximate surface area is 112 Å². The number of thiophene rings is 1. The number of rotatable bonds is 4. The molecule has 0 radical (unpaired) electrons. The van der Waals surface area contributed by atoms with Gasteiger partial charge in [-0.15, -0.1) is 11.3 Å². The number of hydrogen-bond acceptors (Lipinski definition) is 2. The van der Waals surface area contributed by atoms with Crippen molar-refractivity contribution in [3.63, 3.8) is 0 Å². The number of hydrogen-bond donors (Lipinski definition) is 1. The molecule has 0 amide bonds.